The van der Waals surface area contributed by atoms with Crippen LogP contribution in [0.5, 0.6) is 0 Å². The summed E-state index contributed by atoms with van der Waals surface area (Å²) in [5, 5.41) is 10.1. The van der Waals surface area contributed by atoms with Gasteiger partial charge in [-0.25, -0.2) is 0 Å². The molecule has 1 atom stereocenters. The first-order valence-corrected chi connectivity index (χ1v) is 7.64. The van der Waals surface area contributed by atoms with E-state index in [-0.39, 0.29) is 6.10 Å². The molecule has 1 nitrogen and oxygen atoms in total. The highest BCUT2D eigenvalue weighted by Crippen LogP contribution is 2.20. The second-order valence-electron chi connectivity index (χ2n) is 5.54. The van der Waals surface area contributed by atoms with Gasteiger partial charge in [0.25, 0.3) is 0 Å². The monoisotopic (exact) mass is 272 g/mol. The van der Waals surface area contributed by atoms with Gasteiger partial charge in [-0.2, -0.15) is 0 Å². The summed E-state index contributed by atoms with van der Waals surface area (Å²) in [5.41, 5.74) is 3.92. The molecule has 0 saturated heterocycles. The van der Waals surface area contributed by atoms with Crippen molar-refractivity contribution in [1.82, 2.24) is 0 Å². The molecule has 0 aliphatic heterocycles. The van der Waals surface area contributed by atoms with Crippen LogP contribution in [0.4, 0.5) is 0 Å². The molecule has 1 rings (SSSR count). The lowest BCUT2D eigenvalue weighted by Gasteiger charge is -2.10. The van der Waals surface area contributed by atoms with Crippen molar-refractivity contribution >= 4 is 0 Å². The average molecular weight is 272 g/mol. The van der Waals surface area contributed by atoms with Crippen molar-refractivity contribution < 1.29 is 5.11 Å². The lowest BCUT2D eigenvalue weighted by Crippen LogP contribution is -1.97. The molecule has 0 spiro atoms. The molecule has 0 bridgehead atoms. The largest absolute Gasteiger partial charge is 0.388 e. The summed E-state index contributed by atoms with van der Waals surface area (Å²) in [6, 6.07) is 9.93. The summed E-state index contributed by atoms with van der Waals surface area (Å²) in [5.74, 6) is 0. The van der Waals surface area contributed by atoms with Gasteiger partial charge in [-0.05, 0) is 58.4 Å². The van der Waals surface area contributed by atoms with E-state index in [1.165, 1.54) is 11.1 Å². The zero-order chi connectivity index (χ0) is 14.8. The molecule has 0 saturated carbocycles. The molecule has 110 valence electrons. The molecule has 0 amide bonds. The van der Waals surface area contributed by atoms with Gasteiger partial charge in [0.05, 0.1) is 6.10 Å². The van der Waals surface area contributed by atoms with Gasteiger partial charge in [-0.15, -0.1) is 0 Å². The number of allylic oxidation sites excluding steroid dienone is 4. The van der Waals surface area contributed by atoms with Gasteiger partial charge in [0.15, 0.2) is 0 Å². The van der Waals surface area contributed by atoms with E-state index in [0.717, 1.165) is 37.7 Å². The summed E-state index contributed by atoms with van der Waals surface area (Å²) in [6.45, 7) is 6.47. The van der Waals surface area contributed by atoms with Gasteiger partial charge >= 0.3 is 0 Å². The smallest absolute Gasteiger partial charge is 0.0790 e. The lowest BCUT2D eigenvalue weighted by atomic mass is 10.0. The van der Waals surface area contributed by atoms with E-state index >= 15 is 0 Å². The zero-order valence-electron chi connectivity index (χ0n) is 13.1. The molecule has 0 fully saturated rings. The van der Waals surface area contributed by atoms with Crippen molar-refractivity contribution in [2.24, 2.45) is 0 Å². The van der Waals surface area contributed by atoms with Crippen LogP contribution in [0.25, 0.3) is 0 Å². The maximum Gasteiger partial charge on any atom is 0.0790 e. The van der Waals surface area contributed by atoms with Gasteiger partial charge in [-0.1, -0.05) is 53.6 Å². The Hall–Kier alpha value is -1.34. The quantitative estimate of drug-likeness (QED) is 0.612. The minimum atomic E-state index is -0.325. The second-order valence-corrected chi connectivity index (χ2v) is 5.54. The maximum absolute atomic E-state index is 10.1. The Balaban J connectivity index is 2.24. The molecule has 0 aliphatic carbocycles. The molecular weight excluding hydrogens is 244 g/mol. The average Bonchev–Trinajstić information content (AvgIpc) is 2.47. The van der Waals surface area contributed by atoms with Crippen LogP contribution in [0.2, 0.25) is 0 Å². The summed E-state index contributed by atoms with van der Waals surface area (Å²) < 4.78 is 0. The number of hydrogen-bond acceptors (Lipinski definition) is 1. The van der Waals surface area contributed by atoms with Crippen LogP contribution in [-0.4, -0.2) is 5.11 Å². The topological polar surface area (TPSA) is 20.2 Å². The molecule has 1 aromatic rings. The number of aliphatic hydroxyl groups excluding tert-OH is 1. The first-order valence-electron chi connectivity index (χ1n) is 7.64. The minimum absolute atomic E-state index is 0.325. The molecule has 0 aromatic heterocycles. The van der Waals surface area contributed by atoms with Crippen LogP contribution in [0, 0.1) is 0 Å². The van der Waals surface area contributed by atoms with E-state index in [0.29, 0.717) is 0 Å². The summed E-state index contributed by atoms with van der Waals surface area (Å²) in [7, 11) is 0. The summed E-state index contributed by atoms with van der Waals surface area (Å²) >= 11 is 0. The van der Waals surface area contributed by atoms with Crippen LogP contribution in [0.1, 0.15) is 64.5 Å². The molecule has 1 aromatic carbocycles. The fourth-order valence-corrected chi connectivity index (χ4v) is 2.21. The Labute approximate surface area is 124 Å². The van der Waals surface area contributed by atoms with Gasteiger partial charge in [0.2, 0.25) is 0 Å². The SMILES string of the molecule is C/C=C(\C)CC/C=C(\C)CCCC(O)c1ccccc1. The summed E-state index contributed by atoms with van der Waals surface area (Å²) in [4.78, 5) is 0. The van der Waals surface area contributed by atoms with Gasteiger partial charge < -0.3 is 5.11 Å². The van der Waals surface area contributed by atoms with E-state index in [1.807, 2.05) is 30.3 Å². The summed E-state index contributed by atoms with van der Waals surface area (Å²) in [6.07, 6.45) is 9.43. The predicted octanol–water partition coefficient (Wildman–Crippen LogP) is 5.58. The van der Waals surface area contributed by atoms with Crippen molar-refractivity contribution in [3.05, 3.63) is 59.2 Å². The Morgan fingerprint density at radius 3 is 2.45 bits per heavy atom. The predicted molar refractivity (Wildman–Crippen MR) is 87.7 cm³/mol. The highest BCUT2D eigenvalue weighted by atomic mass is 16.3. The standard InChI is InChI=1S/C19H28O/c1-4-16(2)10-8-11-17(3)12-9-15-19(20)18-13-6-5-7-14-18/h4-7,11,13-14,19-20H,8-10,12,15H2,1-3H3/b16-4+,17-11+. The van der Waals surface area contributed by atoms with Crippen molar-refractivity contribution in [2.45, 2.75) is 59.0 Å². The molecule has 0 aliphatic rings. The number of aliphatic hydroxyl groups is 1. The molecule has 1 N–H and O–H groups in total. The first-order chi connectivity index (χ1) is 9.63. The highest BCUT2D eigenvalue weighted by Gasteiger charge is 2.06. The van der Waals surface area contributed by atoms with Crippen molar-refractivity contribution in [1.29, 1.82) is 0 Å². The third kappa shape index (κ3) is 6.72. The molecule has 1 heteroatoms. The van der Waals surface area contributed by atoms with E-state index in [9.17, 15) is 5.11 Å². The zero-order valence-corrected chi connectivity index (χ0v) is 13.1. The van der Waals surface area contributed by atoms with E-state index < -0.39 is 0 Å². The normalized spacial score (nSPS) is 14.4. The number of hydrogen-bond donors (Lipinski definition) is 1. The van der Waals surface area contributed by atoms with Crippen LogP contribution in [-0.2, 0) is 0 Å². The molecular formula is C19H28O. The second kappa shape index (κ2) is 9.55. The maximum atomic E-state index is 10.1. The Morgan fingerprint density at radius 2 is 1.80 bits per heavy atom. The minimum Gasteiger partial charge on any atom is -0.388 e. The third-order valence-corrected chi connectivity index (χ3v) is 3.76. The Kier molecular flexibility index (Phi) is 7.98. The Morgan fingerprint density at radius 1 is 1.10 bits per heavy atom. The molecule has 0 heterocycles. The van der Waals surface area contributed by atoms with E-state index in [4.69, 9.17) is 0 Å². The van der Waals surface area contributed by atoms with E-state index in [1.54, 1.807) is 0 Å². The van der Waals surface area contributed by atoms with Crippen molar-refractivity contribution in [2.75, 3.05) is 0 Å². The highest BCUT2D eigenvalue weighted by molar-refractivity contribution is 5.17. The van der Waals surface area contributed by atoms with Gasteiger partial charge in [0, 0.05) is 0 Å². The third-order valence-electron chi connectivity index (χ3n) is 3.76. The van der Waals surface area contributed by atoms with Crippen LogP contribution >= 0.6 is 0 Å². The van der Waals surface area contributed by atoms with Crippen molar-refractivity contribution in [3.8, 4) is 0 Å². The van der Waals surface area contributed by atoms with Crippen LogP contribution < -0.4 is 0 Å². The van der Waals surface area contributed by atoms with Crippen molar-refractivity contribution in [3.63, 3.8) is 0 Å². The fourth-order valence-electron chi connectivity index (χ4n) is 2.21. The fraction of sp³-hybridized carbons (Fsp3) is 0.474. The van der Waals surface area contributed by atoms with Gasteiger partial charge in [0.1, 0.15) is 0 Å². The van der Waals surface area contributed by atoms with Gasteiger partial charge in [-0.3, -0.25) is 0 Å². The van der Waals surface area contributed by atoms with Crippen LogP contribution in [0.3, 0.4) is 0 Å². The number of benzene rings is 1. The molecule has 0 radical (unpaired) electrons. The Bertz CT molecular complexity index is 428. The number of rotatable bonds is 8. The van der Waals surface area contributed by atoms with Crippen LogP contribution in [0.15, 0.2) is 53.6 Å². The first kappa shape index (κ1) is 16.7. The molecule has 1 unspecified atom stereocenters. The van der Waals surface area contributed by atoms with E-state index in [2.05, 4.69) is 32.9 Å². The lowest BCUT2D eigenvalue weighted by molar-refractivity contribution is 0.164. The molecule has 20 heavy (non-hydrogen) atoms.